The first-order valence-electron chi connectivity index (χ1n) is 14.8. The number of aliphatic hydroxyl groups excluding tert-OH is 2. The summed E-state index contributed by atoms with van der Waals surface area (Å²) in [7, 11) is 1.62. The molecule has 0 aromatic rings. The lowest BCUT2D eigenvalue weighted by molar-refractivity contribution is -0.278. The molecule has 8 nitrogen and oxygen atoms in total. The third-order valence-corrected chi connectivity index (χ3v) is 12.2. The lowest BCUT2D eigenvalue weighted by atomic mass is 9.42. The molecule has 214 valence electrons. The number of ether oxygens (including phenoxy) is 4. The molecule has 38 heavy (non-hydrogen) atoms. The second kappa shape index (κ2) is 9.52. The third-order valence-electron chi connectivity index (χ3n) is 12.2. The Bertz CT molecular complexity index is 968. The summed E-state index contributed by atoms with van der Waals surface area (Å²) in [5.41, 5.74) is -0.389. The first-order chi connectivity index (χ1) is 18.0. The molecule has 0 aromatic carbocycles. The van der Waals surface area contributed by atoms with Crippen molar-refractivity contribution >= 4 is 5.97 Å². The first kappa shape index (κ1) is 27.2. The summed E-state index contributed by atoms with van der Waals surface area (Å²) < 4.78 is 23.1. The van der Waals surface area contributed by atoms with Gasteiger partial charge in [0.25, 0.3) is 0 Å². The van der Waals surface area contributed by atoms with Gasteiger partial charge in [0.05, 0.1) is 30.0 Å². The standard InChI is InChI=1S/C30H46O8/c1-16-27(33)23(35-4)13-25(37-16)38-19-7-9-28(2)18(12-19)5-6-21-26(28)22(31)14-29(3)20(8-10-30(21,29)34)17-11-24(32)36-15-17/h11,16,18-23,25-27,31,33-34H,5-10,12-15H2,1-4H3/t16?,18-,19+,20-,21?,22?,23?,25-,26?,27-,28+,29-,30+/m1/s1. The van der Waals surface area contributed by atoms with Crippen molar-refractivity contribution in [3.63, 3.8) is 0 Å². The fourth-order valence-corrected chi connectivity index (χ4v) is 10.1. The number of hydrogen-bond donors (Lipinski definition) is 3. The second-order valence-electron chi connectivity index (χ2n) is 13.7. The van der Waals surface area contributed by atoms with Gasteiger partial charge in [0, 0.05) is 25.0 Å². The van der Waals surface area contributed by atoms with E-state index in [4.69, 9.17) is 18.9 Å². The molecule has 0 radical (unpaired) electrons. The van der Waals surface area contributed by atoms with Gasteiger partial charge >= 0.3 is 5.97 Å². The van der Waals surface area contributed by atoms with Crippen LogP contribution in [0.4, 0.5) is 0 Å². The molecule has 0 aromatic heterocycles. The number of rotatable bonds is 4. The minimum Gasteiger partial charge on any atom is -0.458 e. The van der Waals surface area contributed by atoms with E-state index >= 15 is 0 Å². The summed E-state index contributed by atoms with van der Waals surface area (Å²) in [6, 6.07) is 0. The van der Waals surface area contributed by atoms with Crippen LogP contribution in [0.1, 0.15) is 78.6 Å². The highest BCUT2D eigenvalue weighted by Crippen LogP contribution is 2.70. The fourth-order valence-electron chi connectivity index (χ4n) is 10.1. The monoisotopic (exact) mass is 534 g/mol. The zero-order valence-corrected chi connectivity index (χ0v) is 23.3. The molecular formula is C30H46O8. The Kier molecular flexibility index (Phi) is 6.80. The maximum Gasteiger partial charge on any atom is 0.331 e. The average Bonchev–Trinajstić information content (AvgIpc) is 3.41. The summed E-state index contributed by atoms with van der Waals surface area (Å²) in [4.78, 5) is 11.8. The van der Waals surface area contributed by atoms with Gasteiger partial charge < -0.3 is 34.3 Å². The van der Waals surface area contributed by atoms with Gasteiger partial charge in [0.2, 0.25) is 0 Å². The van der Waals surface area contributed by atoms with E-state index in [1.165, 1.54) is 0 Å². The molecule has 0 bridgehead atoms. The Labute approximate surface area is 226 Å². The SMILES string of the molecule is COC1C[C@@H](O[C@H]2CC[C@]3(C)C4C(O)C[C@]5(C)[C@@H](C6=CC(=O)OC6)CC[C@]5(O)C4CC[C@@H]3C2)OC(C)[C@H]1O. The molecule has 2 aliphatic heterocycles. The summed E-state index contributed by atoms with van der Waals surface area (Å²) in [5, 5.41) is 34.5. The van der Waals surface area contributed by atoms with Crippen molar-refractivity contribution in [1.29, 1.82) is 0 Å². The highest BCUT2D eigenvalue weighted by molar-refractivity contribution is 5.85. The van der Waals surface area contributed by atoms with Crippen molar-refractivity contribution in [2.75, 3.05) is 13.7 Å². The molecule has 0 amide bonds. The van der Waals surface area contributed by atoms with Crippen LogP contribution in [0.5, 0.6) is 0 Å². The maximum atomic E-state index is 12.4. The van der Waals surface area contributed by atoms with Crippen LogP contribution in [0.3, 0.4) is 0 Å². The topological polar surface area (TPSA) is 115 Å². The molecule has 4 aliphatic carbocycles. The normalized spacial score (nSPS) is 54.5. The fraction of sp³-hybridized carbons (Fsp3) is 0.900. The van der Waals surface area contributed by atoms with Crippen LogP contribution in [0.15, 0.2) is 11.6 Å². The quantitative estimate of drug-likeness (QED) is 0.372. The number of carbonyl (C=O) groups is 1. The first-order valence-corrected chi connectivity index (χ1v) is 14.8. The highest BCUT2D eigenvalue weighted by Gasteiger charge is 2.70. The Morgan fingerprint density at radius 1 is 1.08 bits per heavy atom. The van der Waals surface area contributed by atoms with Gasteiger partial charge in [-0.15, -0.1) is 0 Å². The van der Waals surface area contributed by atoms with Gasteiger partial charge in [-0.1, -0.05) is 13.8 Å². The van der Waals surface area contributed by atoms with Crippen LogP contribution in [0, 0.1) is 34.5 Å². The van der Waals surface area contributed by atoms with Crippen molar-refractivity contribution in [3.8, 4) is 0 Å². The molecule has 0 spiro atoms. The van der Waals surface area contributed by atoms with E-state index in [0.717, 1.165) is 44.1 Å². The summed E-state index contributed by atoms with van der Waals surface area (Å²) >= 11 is 0. The minimum absolute atomic E-state index is 0.0464. The molecule has 1 saturated heterocycles. The number of fused-ring (bicyclic) bond motifs is 5. The van der Waals surface area contributed by atoms with Gasteiger partial charge in [0.1, 0.15) is 12.7 Å². The Hall–Kier alpha value is -1.03. The maximum absolute atomic E-state index is 12.4. The summed E-state index contributed by atoms with van der Waals surface area (Å²) in [5.74, 6) is 0.285. The van der Waals surface area contributed by atoms with Crippen molar-refractivity contribution in [1.82, 2.24) is 0 Å². The molecule has 6 rings (SSSR count). The zero-order valence-electron chi connectivity index (χ0n) is 23.3. The Morgan fingerprint density at radius 2 is 1.87 bits per heavy atom. The highest BCUT2D eigenvalue weighted by atomic mass is 16.7. The van der Waals surface area contributed by atoms with E-state index in [-0.39, 0.29) is 53.7 Å². The predicted molar refractivity (Wildman–Crippen MR) is 138 cm³/mol. The molecule has 4 saturated carbocycles. The Morgan fingerprint density at radius 3 is 2.58 bits per heavy atom. The Balaban J connectivity index is 1.18. The lowest BCUT2D eigenvalue weighted by Crippen LogP contribution is -2.66. The lowest BCUT2D eigenvalue weighted by Gasteiger charge is -2.65. The van der Waals surface area contributed by atoms with Gasteiger partial charge in [-0.05, 0) is 93.0 Å². The van der Waals surface area contributed by atoms with Gasteiger partial charge in [0.15, 0.2) is 6.29 Å². The van der Waals surface area contributed by atoms with Crippen molar-refractivity contribution < 1.29 is 39.1 Å². The number of aliphatic hydroxyl groups is 3. The van der Waals surface area contributed by atoms with Gasteiger partial charge in [-0.3, -0.25) is 0 Å². The van der Waals surface area contributed by atoms with Crippen molar-refractivity contribution in [2.24, 2.45) is 34.5 Å². The summed E-state index contributed by atoms with van der Waals surface area (Å²) in [6.45, 7) is 6.65. The predicted octanol–water partition coefficient (Wildman–Crippen LogP) is 3.11. The number of methoxy groups -OCH3 is 1. The number of cyclic esters (lactones) is 1. The number of carbonyl (C=O) groups excluding carboxylic acids is 1. The molecular weight excluding hydrogens is 488 g/mol. The van der Waals surface area contributed by atoms with E-state index in [1.54, 1.807) is 13.2 Å². The molecule has 8 heteroatoms. The van der Waals surface area contributed by atoms with E-state index < -0.39 is 23.2 Å². The summed E-state index contributed by atoms with van der Waals surface area (Å²) in [6.07, 6.45) is 6.83. The molecule has 6 aliphatic rings. The van der Waals surface area contributed by atoms with Crippen LogP contribution in [0.25, 0.3) is 0 Å². The van der Waals surface area contributed by atoms with E-state index in [9.17, 15) is 20.1 Å². The van der Waals surface area contributed by atoms with Gasteiger partial charge in [-0.25, -0.2) is 4.79 Å². The second-order valence-corrected chi connectivity index (χ2v) is 13.7. The third kappa shape index (κ3) is 3.96. The van der Waals surface area contributed by atoms with Crippen LogP contribution >= 0.6 is 0 Å². The number of hydrogen-bond acceptors (Lipinski definition) is 8. The van der Waals surface area contributed by atoms with Crippen LogP contribution in [-0.4, -0.2) is 77.4 Å². The molecule has 5 fully saturated rings. The number of esters is 1. The molecule has 3 N–H and O–H groups in total. The largest absolute Gasteiger partial charge is 0.458 e. The van der Waals surface area contributed by atoms with E-state index in [1.807, 2.05) is 6.92 Å². The minimum atomic E-state index is -0.850. The van der Waals surface area contributed by atoms with E-state index in [2.05, 4.69) is 13.8 Å². The van der Waals surface area contributed by atoms with Crippen molar-refractivity contribution in [2.45, 2.75) is 121 Å². The van der Waals surface area contributed by atoms with Crippen LogP contribution < -0.4 is 0 Å². The van der Waals surface area contributed by atoms with Crippen LogP contribution in [-0.2, 0) is 23.7 Å². The average molecular weight is 535 g/mol. The smallest absolute Gasteiger partial charge is 0.331 e. The van der Waals surface area contributed by atoms with Crippen LogP contribution in [0.2, 0.25) is 0 Å². The van der Waals surface area contributed by atoms with Gasteiger partial charge in [-0.2, -0.15) is 0 Å². The van der Waals surface area contributed by atoms with Crippen molar-refractivity contribution in [3.05, 3.63) is 11.6 Å². The molecule has 13 atom stereocenters. The molecule has 2 heterocycles. The van der Waals surface area contributed by atoms with E-state index in [0.29, 0.717) is 31.8 Å². The molecule has 5 unspecified atom stereocenters. The zero-order chi connectivity index (χ0) is 27.0.